The number of aromatic hydroxyl groups is 1. The Hall–Kier alpha value is -2.18. The zero-order valence-corrected chi connectivity index (χ0v) is 12.1. The summed E-state index contributed by atoms with van der Waals surface area (Å²) in [4.78, 5) is 12.6. The third kappa shape index (κ3) is 2.40. The molecule has 1 saturated carbocycles. The van der Waals surface area contributed by atoms with Gasteiger partial charge in [0.2, 0.25) is 5.92 Å². The number of phenols is 1. The van der Waals surface area contributed by atoms with Gasteiger partial charge in [-0.05, 0) is 25.0 Å². The molecule has 1 fully saturated rings. The molecule has 0 saturated heterocycles. The first kappa shape index (κ1) is 14.7. The lowest BCUT2D eigenvalue weighted by molar-refractivity contribution is -0.0453. The number of nitrogens with zero attached hydrogens (tertiary/aromatic N) is 2. The van der Waals surface area contributed by atoms with Gasteiger partial charge >= 0.3 is 0 Å². The quantitative estimate of drug-likeness (QED) is 0.926. The summed E-state index contributed by atoms with van der Waals surface area (Å²) < 4.78 is 32.7. The molecule has 0 amide bonds. The smallest absolute Gasteiger partial charge is 0.278 e. The summed E-state index contributed by atoms with van der Waals surface area (Å²) in [7, 11) is 1.39. The summed E-state index contributed by atoms with van der Waals surface area (Å²) in [6.45, 7) is 0. The lowest BCUT2D eigenvalue weighted by Gasteiger charge is -2.28. The van der Waals surface area contributed by atoms with Gasteiger partial charge in [-0.2, -0.15) is 5.10 Å². The van der Waals surface area contributed by atoms with Crippen molar-refractivity contribution in [3.8, 4) is 11.5 Å². The number of methoxy groups -OCH3 is 1. The van der Waals surface area contributed by atoms with Crippen molar-refractivity contribution in [1.29, 1.82) is 0 Å². The van der Waals surface area contributed by atoms with E-state index in [0.717, 1.165) is 0 Å². The van der Waals surface area contributed by atoms with Gasteiger partial charge in [-0.25, -0.2) is 13.5 Å². The normalized spacial score (nSPS) is 18.5. The molecule has 118 valence electrons. The van der Waals surface area contributed by atoms with Crippen LogP contribution in [-0.2, 0) is 0 Å². The fourth-order valence-corrected chi connectivity index (χ4v) is 2.91. The fraction of sp³-hybridized carbons (Fsp3) is 0.467. The standard InChI is InChI=1S/C15H16F2N2O3/c1-22-11-3-2-9-8-18-19(14(21)12(9)13(11)20)10-4-6-15(16,17)7-5-10/h2-3,8,10,20H,4-7H2,1H3. The SMILES string of the molecule is COc1ccc2cnn(C3CCC(F)(F)CC3)c(=O)c2c1O. The van der Waals surface area contributed by atoms with Crippen LogP contribution in [0.3, 0.4) is 0 Å². The molecule has 5 nitrogen and oxygen atoms in total. The van der Waals surface area contributed by atoms with E-state index in [4.69, 9.17) is 4.74 Å². The van der Waals surface area contributed by atoms with Crippen molar-refractivity contribution in [2.45, 2.75) is 37.6 Å². The maximum atomic E-state index is 13.2. The number of benzene rings is 1. The van der Waals surface area contributed by atoms with Gasteiger partial charge in [0, 0.05) is 18.2 Å². The Balaban J connectivity index is 2.07. The number of fused-ring (bicyclic) bond motifs is 1. The van der Waals surface area contributed by atoms with Gasteiger partial charge in [-0.15, -0.1) is 0 Å². The van der Waals surface area contributed by atoms with Crippen molar-refractivity contribution in [2.24, 2.45) is 0 Å². The summed E-state index contributed by atoms with van der Waals surface area (Å²) in [5, 5.41) is 14.8. The first-order valence-electron chi connectivity index (χ1n) is 7.08. The summed E-state index contributed by atoms with van der Waals surface area (Å²) in [6.07, 6.45) is 1.33. The molecule has 2 aromatic rings. The van der Waals surface area contributed by atoms with Crippen molar-refractivity contribution in [1.82, 2.24) is 9.78 Å². The number of alkyl halides is 2. The average Bonchev–Trinajstić information content (AvgIpc) is 2.48. The van der Waals surface area contributed by atoms with Crippen LogP contribution in [0.25, 0.3) is 10.8 Å². The van der Waals surface area contributed by atoms with Gasteiger partial charge < -0.3 is 9.84 Å². The highest BCUT2D eigenvalue weighted by molar-refractivity contribution is 5.88. The van der Waals surface area contributed by atoms with Crippen LogP contribution in [0.15, 0.2) is 23.1 Å². The minimum Gasteiger partial charge on any atom is -0.504 e. The van der Waals surface area contributed by atoms with Crippen LogP contribution in [0.1, 0.15) is 31.7 Å². The molecule has 0 bridgehead atoms. The average molecular weight is 310 g/mol. The van der Waals surface area contributed by atoms with Crippen molar-refractivity contribution in [3.63, 3.8) is 0 Å². The molecule has 1 heterocycles. The molecule has 0 spiro atoms. The third-order valence-corrected chi connectivity index (χ3v) is 4.17. The Morgan fingerprint density at radius 1 is 1.36 bits per heavy atom. The van der Waals surface area contributed by atoms with E-state index in [9.17, 15) is 18.7 Å². The summed E-state index contributed by atoms with van der Waals surface area (Å²) in [5.41, 5.74) is -0.482. The van der Waals surface area contributed by atoms with Gasteiger partial charge in [-0.3, -0.25) is 4.79 Å². The van der Waals surface area contributed by atoms with Crippen LogP contribution in [0.2, 0.25) is 0 Å². The van der Waals surface area contributed by atoms with E-state index in [2.05, 4.69) is 5.10 Å². The van der Waals surface area contributed by atoms with Crippen LogP contribution in [0.4, 0.5) is 8.78 Å². The second-order valence-electron chi connectivity index (χ2n) is 5.56. The molecule has 0 aliphatic heterocycles. The van der Waals surface area contributed by atoms with Crippen molar-refractivity contribution < 1.29 is 18.6 Å². The molecule has 0 radical (unpaired) electrons. The molecule has 7 heteroatoms. The van der Waals surface area contributed by atoms with E-state index < -0.39 is 11.5 Å². The highest BCUT2D eigenvalue weighted by atomic mass is 19.3. The topological polar surface area (TPSA) is 64.4 Å². The lowest BCUT2D eigenvalue weighted by Crippen LogP contribution is -2.33. The molecular formula is C15H16F2N2O3. The Labute approximate surface area is 125 Å². The van der Waals surface area contributed by atoms with Crippen molar-refractivity contribution in [2.75, 3.05) is 7.11 Å². The molecule has 3 rings (SSSR count). The molecule has 1 N–H and O–H groups in total. The van der Waals surface area contributed by atoms with Gasteiger partial charge in [0.1, 0.15) is 0 Å². The number of phenolic OH excluding ortho intramolecular Hbond substituents is 1. The van der Waals surface area contributed by atoms with Gasteiger partial charge in [0.15, 0.2) is 11.5 Å². The molecule has 1 aliphatic carbocycles. The number of hydrogen-bond donors (Lipinski definition) is 1. The molecule has 1 aromatic heterocycles. The van der Waals surface area contributed by atoms with E-state index in [1.165, 1.54) is 18.0 Å². The summed E-state index contributed by atoms with van der Waals surface area (Å²) in [6, 6.07) is 2.80. The van der Waals surface area contributed by atoms with E-state index >= 15 is 0 Å². The highest BCUT2D eigenvalue weighted by Crippen LogP contribution is 2.38. The third-order valence-electron chi connectivity index (χ3n) is 4.17. The van der Waals surface area contributed by atoms with Crippen LogP contribution >= 0.6 is 0 Å². The van der Waals surface area contributed by atoms with Gasteiger partial charge in [0.05, 0.1) is 24.7 Å². The molecular weight excluding hydrogens is 294 g/mol. The Morgan fingerprint density at radius 2 is 2.05 bits per heavy atom. The first-order chi connectivity index (χ1) is 10.4. The maximum absolute atomic E-state index is 13.2. The van der Waals surface area contributed by atoms with E-state index in [-0.39, 0.29) is 48.6 Å². The number of rotatable bonds is 2. The Bertz CT molecular complexity index is 763. The van der Waals surface area contributed by atoms with Crippen molar-refractivity contribution in [3.05, 3.63) is 28.7 Å². The molecule has 0 atom stereocenters. The van der Waals surface area contributed by atoms with E-state index in [1.54, 1.807) is 12.1 Å². The van der Waals surface area contributed by atoms with Crippen LogP contribution in [0, 0.1) is 0 Å². The minimum absolute atomic E-state index is 0.103. The predicted octanol–water partition coefficient (Wildman–Crippen LogP) is 2.86. The zero-order valence-electron chi connectivity index (χ0n) is 12.1. The lowest BCUT2D eigenvalue weighted by atomic mass is 9.92. The number of hydrogen-bond acceptors (Lipinski definition) is 4. The largest absolute Gasteiger partial charge is 0.504 e. The van der Waals surface area contributed by atoms with E-state index in [1.807, 2.05) is 0 Å². The first-order valence-corrected chi connectivity index (χ1v) is 7.08. The van der Waals surface area contributed by atoms with Crippen LogP contribution < -0.4 is 10.3 Å². The monoisotopic (exact) mass is 310 g/mol. The molecule has 1 aromatic carbocycles. The molecule has 0 unspecified atom stereocenters. The van der Waals surface area contributed by atoms with Gasteiger partial charge in [0.25, 0.3) is 5.56 Å². The second kappa shape index (κ2) is 5.23. The number of aromatic nitrogens is 2. The zero-order chi connectivity index (χ0) is 15.9. The van der Waals surface area contributed by atoms with E-state index in [0.29, 0.717) is 5.39 Å². The second-order valence-corrected chi connectivity index (χ2v) is 5.56. The number of ether oxygens (including phenoxy) is 1. The highest BCUT2D eigenvalue weighted by Gasteiger charge is 2.36. The van der Waals surface area contributed by atoms with Crippen LogP contribution in [0.5, 0.6) is 11.5 Å². The maximum Gasteiger partial charge on any atom is 0.278 e. The number of halogens is 2. The van der Waals surface area contributed by atoms with Gasteiger partial charge in [-0.1, -0.05) is 0 Å². The Morgan fingerprint density at radius 3 is 2.68 bits per heavy atom. The minimum atomic E-state index is -2.66. The van der Waals surface area contributed by atoms with Crippen molar-refractivity contribution >= 4 is 10.8 Å². The Kier molecular flexibility index (Phi) is 3.50. The summed E-state index contributed by atoms with van der Waals surface area (Å²) >= 11 is 0. The van der Waals surface area contributed by atoms with Crippen LogP contribution in [-0.4, -0.2) is 27.9 Å². The fourth-order valence-electron chi connectivity index (χ4n) is 2.91. The molecule has 1 aliphatic rings. The summed E-state index contributed by atoms with van der Waals surface area (Å²) in [5.74, 6) is -2.72. The predicted molar refractivity (Wildman–Crippen MR) is 76.7 cm³/mol. The molecule has 22 heavy (non-hydrogen) atoms.